The number of carboxylic acids is 1. The van der Waals surface area contributed by atoms with Crippen LogP contribution in [0, 0.1) is 0 Å². The van der Waals surface area contributed by atoms with Gasteiger partial charge in [0, 0.05) is 0 Å². The molecule has 1 aliphatic rings. The van der Waals surface area contributed by atoms with Gasteiger partial charge >= 0.3 is 5.97 Å². The van der Waals surface area contributed by atoms with E-state index in [1.807, 2.05) is 0 Å². The van der Waals surface area contributed by atoms with Gasteiger partial charge in [0.15, 0.2) is 0 Å². The number of rotatable bonds is 1. The summed E-state index contributed by atoms with van der Waals surface area (Å²) >= 11 is 0. The monoisotopic (exact) mass is 131 g/mol. The molecule has 52 valence electrons. The zero-order valence-electron chi connectivity index (χ0n) is 5.26. The highest BCUT2D eigenvalue weighted by atomic mass is 16.6. The highest BCUT2D eigenvalue weighted by Gasteiger charge is 2.36. The van der Waals surface area contributed by atoms with Gasteiger partial charge in [0.1, 0.15) is 5.54 Å². The molecule has 3 nitrogen and oxygen atoms in total. The van der Waals surface area contributed by atoms with Crippen molar-refractivity contribution in [2.75, 3.05) is 0 Å². The number of carbonyl (C=O) groups is 1. The van der Waals surface area contributed by atoms with Crippen LogP contribution in [0.3, 0.4) is 0 Å². The molecule has 0 amide bonds. The standard InChI is InChI=1S/C6H11NO2/c7-6(5(8)9)3-1-2-4-6/h1-4,7H2,(H,8,9)/i5+2. The van der Waals surface area contributed by atoms with E-state index in [0.717, 1.165) is 12.8 Å². The predicted octanol–water partition coefficient (Wildman–Crippen LogP) is 0.342. The van der Waals surface area contributed by atoms with Crippen molar-refractivity contribution in [2.45, 2.75) is 31.2 Å². The Labute approximate surface area is 53.9 Å². The molecule has 0 saturated heterocycles. The fraction of sp³-hybridized carbons (Fsp3) is 0.833. The van der Waals surface area contributed by atoms with E-state index in [1.54, 1.807) is 0 Å². The molecule has 0 heterocycles. The van der Waals surface area contributed by atoms with Gasteiger partial charge < -0.3 is 10.8 Å². The van der Waals surface area contributed by atoms with E-state index in [1.165, 1.54) is 0 Å². The van der Waals surface area contributed by atoms with E-state index >= 15 is 0 Å². The Balaban J connectivity index is 2.61. The molecule has 0 radical (unpaired) electrons. The van der Waals surface area contributed by atoms with Crippen molar-refractivity contribution in [3.8, 4) is 0 Å². The van der Waals surface area contributed by atoms with Crippen LogP contribution in [0.1, 0.15) is 25.7 Å². The fourth-order valence-electron chi connectivity index (χ4n) is 1.22. The van der Waals surface area contributed by atoms with Crippen LogP contribution in [0.25, 0.3) is 0 Å². The molecule has 1 aliphatic carbocycles. The molecule has 0 unspecified atom stereocenters. The third-order valence-corrected chi connectivity index (χ3v) is 1.92. The summed E-state index contributed by atoms with van der Waals surface area (Å²) in [6.07, 6.45) is 3.20. The normalized spacial score (nSPS) is 24.1. The van der Waals surface area contributed by atoms with Crippen molar-refractivity contribution in [1.82, 2.24) is 0 Å². The average Bonchev–Trinajstić information content (AvgIpc) is 2.16. The Morgan fingerprint density at radius 1 is 1.44 bits per heavy atom. The second-order valence-electron chi connectivity index (χ2n) is 2.67. The second kappa shape index (κ2) is 1.99. The van der Waals surface area contributed by atoms with Crippen LogP contribution in [-0.4, -0.2) is 16.6 Å². The van der Waals surface area contributed by atoms with Crippen molar-refractivity contribution in [3.63, 3.8) is 0 Å². The fourth-order valence-corrected chi connectivity index (χ4v) is 1.22. The van der Waals surface area contributed by atoms with E-state index in [9.17, 15) is 4.79 Å². The van der Waals surface area contributed by atoms with Crippen molar-refractivity contribution in [1.29, 1.82) is 0 Å². The maximum Gasteiger partial charge on any atom is 0.323 e. The third kappa shape index (κ3) is 1.05. The largest absolute Gasteiger partial charge is 0.480 e. The lowest BCUT2D eigenvalue weighted by Crippen LogP contribution is -2.44. The molecule has 0 atom stereocenters. The van der Waals surface area contributed by atoms with Crippen LogP contribution in [0.5, 0.6) is 0 Å². The summed E-state index contributed by atoms with van der Waals surface area (Å²) in [5.41, 5.74) is 4.61. The molecule has 9 heavy (non-hydrogen) atoms. The molecule has 0 bridgehead atoms. The van der Waals surface area contributed by atoms with Crippen molar-refractivity contribution in [3.05, 3.63) is 0 Å². The van der Waals surface area contributed by atoms with Crippen LogP contribution in [0.4, 0.5) is 0 Å². The predicted molar refractivity (Wildman–Crippen MR) is 33.0 cm³/mol. The Hall–Kier alpha value is -0.570. The number of carboxylic acid groups (broad SMARTS) is 1. The first-order chi connectivity index (χ1) is 4.15. The average molecular weight is 131 g/mol. The Morgan fingerprint density at radius 2 is 1.89 bits per heavy atom. The molecule has 0 aromatic carbocycles. The van der Waals surface area contributed by atoms with Crippen molar-refractivity contribution in [2.24, 2.45) is 5.73 Å². The lowest BCUT2D eigenvalue weighted by molar-refractivity contribution is -0.143. The third-order valence-electron chi connectivity index (χ3n) is 1.92. The molecule has 1 fully saturated rings. The summed E-state index contributed by atoms with van der Waals surface area (Å²) in [6, 6.07) is 0. The van der Waals surface area contributed by atoms with Gasteiger partial charge in [0.05, 0.1) is 0 Å². The topological polar surface area (TPSA) is 63.3 Å². The lowest BCUT2D eigenvalue weighted by Gasteiger charge is -2.15. The van der Waals surface area contributed by atoms with E-state index < -0.39 is 11.5 Å². The molecule has 1 rings (SSSR count). The molecular weight excluding hydrogens is 120 g/mol. The zero-order chi connectivity index (χ0) is 6.91. The zero-order valence-corrected chi connectivity index (χ0v) is 5.26. The molecule has 3 N–H and O–H groups in total. The molecule has 3 heteroatoms. The van der Waals surface area contributed by atoms with Crippen LogP contribution in [-0.2, 0) is 4.79 Å². The van der Waals surface area contributed by atoms with Gasteiger partial charge in [-0.3, -0.25) is 4.79 Å². The Kier molecular flexibility index (Phi) is 1.45. The van der Waals surface area contributed by atoms with Crippen LogP contribution >= 0.6 is 0 Å². The van der Waals surface area contributed by atoms with Gasteiger partial charge in [-0.05, 0) is 12.8 Å². The van der Waals surface area contributed by atoms with Gasteiger partial charge in [-0.2, -0.15) is 0 Å². The van der Waals surface area contributed by atoms with Gasteiger partial charge in [0.25, 0.3) is 0 Å². The highest BCUT2D eigenvalue weighted by Crippen LogP contribution is 2.26. The van der Waals surface area contributed by atoms with E-state index in [2.05, 4.69) is 0 Å². The molecular formula is C6H11NO2. The smallest absolute Gasteiger partial charge is 0.323 e. The van der Waals surface area contributed by atoms with Crippen molar-refractivity contribution >= 4 is 5.97 Å². The van der Waals surface area contributed by atoms with Gasteiger partial charge in [-0.25, -0.2) is 0 Å². The second-order valence-corrected chi connectivity index (χ2v) is 2.67. The van der Waals surface area contributed by atoms with Gasteiger partial charge in [-0.15, -0.1) is 0 Å². The van der Waals surface area contributed by atoms with Gasteiger partial charge in [-0.1, -0.05) is 12.8 Å². The van der Waals surface area contributed by atoms with Gasteiger partial charge in [0.2, 0.25) is 0 Å². The summed E-state index contributed by atoms with van der Waals surface area (Å²) < 4.78 is 0. The number of nitrogens with two attached hydrogens (primary N) is 1. The molecule has 0 spiro atoms. The number of hydrogen-bond donors (Lipinski definition) is 2. The molecule has 1 saturated carbocycles. The van der Waals surface area contributed by atoms with E-state index in [0.29, 0.717) is 12.8 Å². The molecule has 0 aromatic heterocycles. The van der Waals surface area contributed by atoms with Crippen molar-refractivity contribution < 1.29 is 9.90 Å². The minimum absolute atomic E-state index is 0.641. The molecule has 0 aromatic rings. The Morgan fingerprint density at radius 3 is 2.11 bits per heavy atom. The summed E-state index contributed by atoms with van der Waals surface area (Å²) in [7, 11) is 0. The quantitative estimate of drug-likeness (QED) is 0.539. The Bertz CT molecular complexity index is 127. The minimum atomic E-state index is -0.889. The van der Waals surface area contributed by atoms with E-state index in [4.69, 9.17) is 10.8 Å². The number of aliphatic carboxylic acids is 1. The van der Waals surface area contributed by atoms with E-state index in [-0.39, 0.29) is 0 Å². The summed E-state index contributed by atoms with van der Waals surface area (Å²) in [4.78, 5) is 10.4. The minimum Gasteiger partial charge on any atom is -0.480 e. The lowest BCUT2D eigenvalue weighted by atomic mass is 10.2. The number of hydrogen-bond acceptors (Lipinski definition) is 2. The summed E-state index contributed by atoms with van der Waals surface area (Å²) in [6.45, 7) is 0. The van der Waals surface area contributed by atoms with Crippen LogP contribution in [0.2, 0.25) is 0 Å². The first-order valence-electron chi connectivity index (χ1n) is 3.17. The maximum absolute atomic E-state index is 10.4. The highest BCUT2D eigenvalue weighted by molar-refractivity contribution is 5.78. The summed E-state index contributed by atoms with van der Waals surface area (Å²) in [5, 5.41) is 8.55. The first kappa shape index (κ1) is 6.55. The van der Waals surface area contributed by atoms with Crippen LogP contribution < -0.4 is 5.73 Å². The molecule has 0 aliphatic heterocycles. The summed E-state index contributed by atoms with van der Waals surface area (Å²) in [5.74, 6) is -0.847. The maximum atomic E-state index is 10.4. The SMILES string of the molecule is NC1([14C](=O)O)CCCC1. The first-order valence-corrected chi connectivity index (χ1v) is 3.17. The van der Waals surface area contributed by atoms with Crippen LogP contribution in [0.15, 0.2) is 0 Å².